The van der Waals surface area contributed by atoms with Crippen LogP contribution >= 0.6 is 0 Å². The predicted octanol–water partition coefficient (Wildman–Crippen LogP) is 1.21. The van der Waals surface area contributed by atoms with Crippen molar-refractivity contribution >= 4 is 21.7 Å². The molecule has 23 heavy (non-hydrogen) atoms. The van der Waals surface area contributed by atoms with Gasteiger partial charge in [0, 0.05) is 19.3 Å². The number of rotatable bonds is 5. The van der Waals surface area contributed by atoms with Gasteiger partial charge in [0.2, 0.25) is 5.91 Å². The van der Waals surface area contributed by atoms with Gasteiger partial charge in [-0.2, -0.15) is 0 Å². The molecule has 126 valence electrons. The Balaban J connectivity index is 2.00. The van der Waals surface area contributed by atoms with Gasteiger partial charge in [-0.1, -0.05) is 12.1 Å². The summed E-state index contributed by atoms with van der Waals surface area (Å²) >= 11 is 0. The number of nitrogens with zero attached hydrogens (tertiary/aromatic N) is 1. The van der Waals surface area contributed by atoms with Crippen LogP contribution in [0.5, 0.6) is 0 Å². The second-order valence-corrected chi connectivity index (χ2v) is 8.31. The fraction of sp³-hybridized carbons (Fsp3) is 0.500. The second-order valence-electron chi connectivity index (χ2n) is 6.12. The van der Waals surface area contributed by atoms with E-state index >= 15 is 0 Å². The first-order valence-corrected chi connectivity index (χ1v) is 9.58. The summed E-state index contributed by atoms with van der Waals surface area (Å²) in [6.07, 6.45) is 2.95. The number of aromatic carboxylic acids is 1. The third-order valence-corrected chi connectivity index (χ3v) is 5.02. The van der Waals surface area contributed by atoms with E-state index in [1.54, 1.807) is 17.0 Å². The Morgan fingerprint density at radius 3 is 2.74 bits per heavy atom. The molecule has 1 atom stereocenters. The molecule has 1 aromatic rings. The summed E-state index contributed by atoms with van der Waals surface area (Å²) in [6.45, 7) is 1.07. The summed E-state index contributed by atoms with van der Waals surface area (Å²) in [7, 11) is -3.05. The molecule has 7 heteroatoms. The smallest absolute Gasteiger partial charge is 0.335 e. The summed E-state index contributed by atoms with van der Waals surface area (Å²) in [4.78, 5) is 25.0. The van der Waals surface area contributed by atoms with E-state index in [2.05, 4.69) is 0 Å². The molecule has 1 aromatic carbocycles. The van der Waals surface area contributed by atoms with Gasteiger partial charge in [0.25, 0.3) is 0 Å². The van der Waals surface area contributed by atoms with Gasteiger partial charge in [0.15, 0.2) is 0 Å². The Hall–Kier alpha value is -1.89. The van der Waals surface area contributed by atoms with Crippen molar-refractivity contribution in [2.24, 2.45) is 5.92 Å². The number of carbonyl (C=O) groups is 2. The van der Waals surface area contributed by atoms with Crippen LogP contribution in [0.25, 0.3) is 0 Å². The van der Waals surface area contributed by atoms with Crippen LogP contribution in [0, 0.1) is 5.92 Å². The molecule has 0 aromatic heterocycles. The first-order valence-electron chi connectivity index (χ1n) is 7.52. The highest BCUT2D eigenvalue weighted by atomic mass is 32.2. The van der Waals surface area contributed by atoms with Gasteiger partial charge >= 0.3 is 5.97 Å². The van der Waals surface area contributed by atoms with Crippen LogP contribution in [-0.4, -0.2) is 55.4 Å². The molecule has 1 unspecified atom stereocenters. The quantitative estimate of drug-likeness (QED) is 0.870. The summed E-state index contributed by atoms with van der Waals surface area (Å²) < 4.78 is 22.8. The Labute approximate surface area is 136 Å². The fourth-order valence-corrected chi connectivity index (χ4v) is 4.08. The second kappa shape index (κ2) is 7.12. The molecule has 1 N–H and O–H groups in total. The van der Waals surface area contributed by atoms with Gasteiger partial charge in [-0.25, -0.2) is 13.2 Å². The Morgan fingerprint density at radius 2 is 2.09 bits per heavy atom. The molecule has 1 amide bonds. The van der Waals surface area contributed by atoms with E-state index in [-0.39, 0.29) is 29.6 Å². The summed E-state index contributed by atoms with van der Waals surface area (Å²) in [6, 6.07) is 6.33. The molecule has 1 aliphatic rings. The maximum absolute atomic E-state index is 12.4. The molecule has 0 saturated carbocycles. The van der Waals surface area contributed by atoms with Crippen LogP contribution in [0.4, 0.5) is 0 Å². The lowest BCUT2D eigenvalue weighted by Crippen LogP contribution is -2.42. The van der Waals surface area contributed by atoms with E-state index in [1.807, 2.05) is 0 Å². The molecule has 0 spiro atoms. The van der Waals surface area contributed by atoms with Crippen LogP contribution in [0.1, 0.15) is 28.8 Å². The minimum atomic E-state index is -3.05. The zero-order chi connectivity index (χ0) is 17.0. The van der Waals surface area contributed by atoms with E-state index in [0.717, 1.165) is 12.8 Å². The summed E-state index contributed by atoms with van der Waals surface area (Å²) in [5.74, 6) is -1.03. The molecule has 1 fully saturated rings. The van der Waals surface area contributed by atoms with Crippen molar-refractivity contribution in [1.82, 2.24) is 4.90 Å². The maximum Gasteiger partial charge on any atom is 0.335 e. The number of hydrogen-bond acceptors (Lipinski definition) is 4. The molecule has 0 radical (unpaired) electrons. The van der Waals surface area contributed by atoms with Crippen molar-refractivity contribution in [3.63, 3.8) is 0 Å². The molecule has 2 rings (SSSR count). The number of sulfone groups is 1. The fourth-order valence-electron chi connectivity index (χ4n) is 2.96. The molecule has 1 aliphatic heterocycles. The van der Waals surface area contributed by atoms with Crippen LogP contribution in [0.2, 0.25) is 0 Å². The molecule has 6 nitrogen and oxygen atoms in total. The minimum Gasteiger partial charge on any atom is -0.478 e. The number of benzene rings is 1. The number of piperidine rings is 1. The highest BCUT2D eigenvalue weighted by molar-refractivity contribution is 7.90. The zero-order valence-electron chi connectivity index (χ0n) is 13.1. The van der Waals surface area contributed by atoms with Gasteiger partial charge in [-0.05, 0) is 36.5 Å². The number of likely N-dealkylation sites (tertiary alicyclic amines) is 1. The summed E-state index contributed by atoms with van der Waals surface area (Å²) in [5, 5.41) is 8.98. The van der Waals surface area contributed by atoms with Crippen LogP contribution < -0.4 is 0 Å². The first kappa shape index (κ1) is 17.5. The maximum atomic E-state index is 12.4. The Kier molecular flexibility index (Phi) is 5.41. The number of carboxylic acid groups (broad SMARTS) is 1. The molecule has 0 aliphatic carbocycles. The van der Waals surface area contributed by atoms with Crippen molar-refractivity contribution in [2.75, 3.05) is 25.1 Å². The van der Waals surface area contributed by atoms with Crippen LogP contribution in [0.15, 0.2) is 24.3 Å². The van der Waals surface area contributed by atoms with Crippen molar-refractivity contribution < 1.29 is 23.1 Å². The van der Waals surface area contributed by atoms with Gasteiger partial charge in [-0.15, -0.1) is 0 Å². The highest BCUT2D eigenvalue weighted by Crippen LogP contribution is 2.19. The molecule has 1 heterocycles. The lowest BCUT2D eigenvalue weighted by molar-refractivity contribution is -0.132. The third kappa shape index (κ3) is 5.35. The normalized spacial score (nSPS) is 18.7. The average molecular weight is 339 g/mol. The Morgan fingerprint density at radius 1 is 1.35 bits per heavy atom. The predicted molar refractivity (Wildman–Crippen MR) is 86.1 cm³/mol. The molecular weight excluding hydrogens is 318 g/mol. The monoisotopic (exact) mass is 339 g/mol. The number of carbonyl (C=O) groups excluding carboxylic acids is 1. The van der Waals surface area contributed by atoms with Gasteiger partial charge in [0.1, 0.15) is 9.84 Å². The number of hydrogen-bond donors (Lipinski definition) is 1. The number of amides is 1. The van der Waals surface area contributed by atoms with Crippen molar-refractivity contribution in [3.8, 4) is 0 Å². The Bertz CT molecular complexity index is 698. The van der Waals surface area contributed by atoms with E-state index < -0.39 is 15.8 Å². The highest BCUT2D eigenvalue weighted by Gasteiger charge is 2.26. The SMILES string of the molecule is CS(=O)(=O)CC1CCCN(C(=O)Cc2cccc(C(=O)O)c2)C1. The van der Waals surface area contributed by atoms with Crippen molar-refractivity contribution in [1.29, 1.82) is 0 Å². The molecule has 0 bridgehead atoms. The summed E-state index contributed by atoms with van der Waals surface area (Å²) in [5.41, 5.74) is 0.809. The van der Waals surface area contributed by atoms with E-state index in [1.165, 1.54) is 18.4 Å². The largest absolute Gasteiger partial charge is 0.478 e. The first-order chi connectivity index (χ1) is 10.7. The lowest BCUT2D eigenvalue weighted by Gasteiger charge is -2.32. The minimum absolute atomic E-state index is 0.0203. The third-order valence-electron chi connectivity index (χ3n) is 3.94. The standard InChI is InChI=1S/C16H21NO5S/c1-23(21,22)11-13-5-3-7-17(10-13)15(18)9-12-4-2-6-14(8-12)16(19)20/h2,4,6,8,13H,3,5,7,9-11H2,1H3,(H,19,20). The van der Waals surface area contributed by atoms with Gasteiger partial charge < -0.3 is 10.0 Å². The van der Waals surface area contributed by atoms with Gasteiger partial charge in [-0.3, -0.25) is 4.79 Å². The van der Waals surface area contributed by atoms with Gasteiger partial charge in [0.05, 0.1) is 17.7 Å². The van der Waals surface area contributed by atoms with Crippen LogP contribution in [-0.2, 0) is 21.1 Å². The van der Waals surface area contributed by atoms with Crippen LogP contribution in [0.3, 0.4) is 0 Å². The average Bonchev–Trinajstić information content (AvgIpc) is 2.46. The van der Waals surface area contributed by atoms with Crippen molar-refractivity contribution in [3.05, 3.63) is 35.4 Å². The number of carboxylic acids is 1. The lowest BCUT2D eigenvalue weighted by atomic mass is 9.99. The molecule has 1 saturated heterocycles. The van der Waals surface area contributed by atoms with E-state index in [0.29, 0.717) is 18.7 Å². The van der Waals surface area contributed by atoms with Crippen molar-refractivity contribution in [2.45, 2.75) is 19.3 Å². The molecular formula is C16H21NO5S. The zero-order valence-corrected chi connectivity index (χ0v) is 13.9. The van der Waals surface area contributed by atoms with E-state index in [4.69, 9.17) is 5.11 Å². The van der Waals surface area contributed by atoms with E-state index in [9.17, 15) is 18.0 Å². The topological polar surface area (TPSA) is 91.8 Å².